The highest BCUT2D eigenvalue weighted by Gasteiger charge is 2.24. The smallest absolute Gasteiger partial charge is 0.409 e. The van der Waals surface area contributed by atoms with Gasteiger partial charge in [-0.15, -0.1) is 0 Å². The monoisotopic (exact) mass is 352 g/mol. The highest BCUT2D eigenvalue weighted by Crippen LogP contribution is 2.28. The van der Waals surface area contributed by atoms with E-state index in [1.165, 1.54) is 38.5 Å². The molecule has 2 fully saturated rings. The molecule has 0 bridgehead atoms. The second-order valence-electron chi connectivity index (χ2n) is 7.16. The van der Waals surface area contributed by atoms with Gasteiger partial charge in [0.1, 0.15) is 0 Å². The molecule has 144 valence electrons. The van der Waals surface area contributed by atoms with Crippen LogP contribution in [0.2, 0.25) is 0 Å². The number of piperidine rings is 1. The number of carbonyl (C=O) groups is 1. The lowest BCUT2D eigenvalue weighted by Crippen LogP contribution is -2.49. The minimum atomic E-state index is -0.187. The quantitative estimate of drug-likeness (QED) is 0.420. The van der Waals surface area contributed by atoms with Gasteiger partial charge in [0, 0.05) is 32.2 Å². The fraction of sp³-hybridized carbons (Fsp3) is 0.895. The molecular weight excluding hydrogens is 316 g/mol. The van der Waals surface area contributed by atoms with E-state index in [0.717, 1.165) is 50.9 Å². The summed E-state index contributed by atoms with van der Waals surface area (Å²) in [5, 5.41) is 6.88. The Labute approximate surface area is 152 Å². The van der Waals surface area contributed by atoms with E-state index < -0.39 is 0 Å². The molecule has 6 heteroatoms. The number of ether oxygens (including phenoxy) is 1. The number of carbonyl (C=O) groups excluding carboxylic acids is 1. The molecule has 2 aliphatic rings. The fourth-order valence-corrected chi connectivity index (χ4v) is 3.80. The molecule has 25 heavy (non-hydrogen) atoms. The molecule has 0 spiro atoms. The molecule has 0 aromatic heterocycles. The summed E-state index contributed by atoms with van der Waals surface area (Å²) in [5.74, 6) is 1.86. The molecule has 0 aromatic carbocycles. The molecule has 0 atom stereocenters. The van der Waals surface area contributed by atoms with Crippen LogP contribution in [-0.4, -0.2) is 55.8 Å². The average molecular weight is 353 g/mol. The van der Waals surface area contributed by atoms with Gasteiger partial charge in [0.05, 0.1) is 6.61 Å². The zero-order valence-corrected chi connectivity index (χ0v) is 16.1. The first kappa shape index (κ1) is 19.9. The van der Waals surface area contributed by atoms with Gasteiger partial charge in [-0.25, -0.2) is 4.79 Å². The van der Waals surface area contributed by atoms with Gasteiger partial charge in [-0.1, -0.05) is 25.7 Å². The standard InChI is InChI=1S/C19H36N4O2/c1-3-20-18(21-13-7-10-16-8-5-6-9-16)22-17-11-14-23(15-12-17)19(24)25-4-2/h16-17H,3-15H2,1-2H3,(H2,20,21,22). The van der Waals surface area contributed by atoms with Gasteiger partial charge >= 0.3 is 6.09 Å². The van der Waals surface area contributed by atoms with Crippen molar-refractivity contribution in [2.75, 3.05) is 32.8 Å². The number of likely N-dealkylation sites (tertiary alicyclic amines) is 1. The van der Waals surface area contributed by atoms with E-state index in [-0.39, 0.29) is 6.09 Å². The molecule has 0 radical (unpaired) electrons. The molecule has 1 aliphatic carbocycles. The van der Waals surface area contributed by atoms with E-state index in [0.29, 0.717) is 12.6 Å². The van der Waals surface area contributed by atoms with Gasteiger partial charge < -0.3 is 20.3 Å². The van der Waals surface area contributed by atoms with Crippen LogP contribution in [0, 0.1) is 5.92 Å². The fourth-order valence-electron chi connectivity index (χ4n) is 3.80. The van der Waals surface area contributed by atoms with E-state index >= 15 is 0 Å². The summed E-state index contributed by atoms with van der Waals surface area (Å²) in [4.78, 5) is 18.3. The van der Waals surface area contributed by atoms with Crippen LogP contribution in [0.1, 0.15) is 65.2 Å². The summed E-state index contributed by atoms with van der Waals surface area (Å²) in [6.45, 7) is 7.64. The van der Waals surface area contributed by atoms with Crippen molar-refractivity contribution in [1.29, 1.82) is 0 Å². The van der Waals surface area contributed by atoms with E-state index in [4.69, 9.17) is 9.73 Å². The highest BCUT2D eigenvalue weighted by molar-refractivity contribution is 5.80. The number of hydrogen-bond donors (Lipinski definition) is 2. The number of nitrogens with zero attached hydrogens (tertiary/aromatic N) is 2. The third kappa shape index (κ3) is 7.12. The lowest BCUT2D eigenvalue weighted by atomic mass is 10.0. The zero-order chi connectivity index (χ0) is 17.9. The molecule has 2 rings (SSSR count). The van der Waals surface area contributed by atoms with Crippen molar-refractivity contribution in [3.63, 3.8) is 0 Å². The molecule has 0 aromatic rings. The van der Waals surface area contributed by atoms with Crippen molar-refractivity contribution >= 4 is 12.1 Å². The second-order valence-corrected chi connectivity index (χ2v) is 7.16. The highest BCUT2D eigenvalue weighted by atomic mass is 16.6. The van der Waals surface area contributed by atoms with Crippen LogP contribution in [0.5, 0.6) is 0 Å². The number of guanidine groups is 1. The number of nitrogens with one attached hydrogen (secondary N) is 2. The first-order valence-electron chi connectivity index (χ1n) is 10.2. The van der Waals surface area contributed by atoms with Crippen molar-refractivity contribution in [3.05, 3.63) is 0 Å². The van der Waals surface area contributed by atoms with Gasteiger partial charge in [-0.2, -0.15) is 0 Å². The lowest BCUT2D eigenvalue weighted by Gasteiger charge is -2.32. The van der Waals surface area contributed by atoms with E-state index in [1.54, 1.807) is 4.90 Å². The molecule has 1 saturated carbocycles. The lowest BCUT2D eigenvalue weighted by molar-refractivity contribution is 0.0963. The van der Waals surface area contributed by atoms with Gasteiger partial charge in [-0.05, 0) is 45.4 Å². The predicted molar refractivity (Wildman–Crippen MR) is 102 cm³/mol. The topological polar surface area (TPSA) is 66.0 Å². The number of rotatable bonds is 7. The Morgan fingerprint density at radius 1 is 1.16 bits per heavy atom. The molecule has 0 unspecified atom stereocenters. The maximum atomic E-state index is 11.8. The summed E-state index contributed by atoms with van der Waals surface area (Å²) < 4.78 is 5.07. The summed E-state index contributed by atoms with van der Waals surface area (Å²) in [7, 11) is 0. The van der Waals surface area contributed by atoms with Crippen molar-refractivity contribution in [2.45, 2.75) is 71.3 Å². The Balaban J connectivity index is 1.69. The van der Waals surface area contributed by atoms with Gasteiger partial charge in [0.15, 0.2) is 5.96 Å². The SMILES string of the molecule is CCNC(=NCCCC1CCCC1)NC1CCN(C(=O)OCC)CC1. The third-order valence-electron chi connectivity index (χ3n) is 5.22. The Bertz CT molecular complexity index is 414. The second kappa shape index (κ2) is 11.2. The van der Waals surface area contributed by atoms with Crippen molar-refractivity contribution in [1.82, 2.24) is 15.5 Å². The van der Waals surface area contributed by atoms with Crippen LogP contribution in [-0.2, 0) is 4.74 Å². The Hall–Kier alpha value is -1.46. The molecule has 2 N–H and O–H groups in total. The first-order valence-corrected chi connectivity index (χ1v) is 10.2. The van der Waals surface area contributed by atoms with Gasteiger partial charge in [0.2, 0.25) is 0 Å². The molecule has 1 amide bonds. The van der Waals surface area contributed by atoms with Gasteiger partial charge in [0.25, 0.3) is 0 Å². The molecule has 1 aliphatic heterocycles. The van der Waals surface area contributed by atoms with Crippen LogP contribution < -0.4 is 10.6 Å². The zero-order valence-electron chi connectivity index (χ0n) is 16.1. The minimum Gasteiger partial charge on any atom is -0.450 e. The van der Waals surface area contributed by atoms with Gasteiger partial charge in [-0.3, -0.25) is 4.99 Å². The normalized spacial score (nSPS) is 19.9. The van der Waals surface area contributed by atoms with Crippen LogP contribution >= 0.6 is 0 Å². The van der Waals surface area contributed by atoms with Crippen molar-refractivity contribution in [3.8, 4) is 0 Å². The van der Waals surface area contributed by atoms with Crippen molar-refractivity contribution in [2.24, 2.45) is 10.9 Å². The number of aliphatic imine (C=N–C) groups is 1. The molecule has 1 saturated heterocycles. The maximum Gasteiger partial charge on any atom is 0.409 e. The van der Waals surface area contributed by atoms with Crippen LogP contribution in [0.3, 0.4) is 0 Å². The third-order valence-corrected chi connectivity index (χ3v) is 5.22. The minimum absolute atomic E-state index is 0.187. The maximum absolute atomic E-state index is 11.8. The van der Waals surface area contributed by atoms with E-state index in [2.05, 4.69) is 17.6 Å². The average Bonchev–Trinajstić information content (AvgIpc) is 3.13. The van der Waals surface area contributed by atoms with Crippen LogP contribution in [0.15, 0.2) is 4.99 Å². The summed E-state index contributed by atoms with van der Waals surface area (Å²) in [5.41, 5.74) is 0. The summed E-state index contributed by atoms with van der Waals surface area (Å²) in [6, 6.07) is 0.373. The Kier molecular flexibility index (Phi) is 8.91. The van der Waals surface area contributed by atoms with E-state index in [1.807, 2.05) is 6.92 Å². The Morgan fingerprint density at radius 3 is 2.52 bits per heavy atom. The van der Waals surface area contributed by atoms with E-state index in [9.17, 15) is 4.79 Å². The molecule has 6 nitrogen and oxygen atoms in total. The summed E-state index contributed by atoms with van der Waals surface area (Å²) in [6.07, 6.45) is 9.86. The Morgan fingerprint density at radius 2 is 1.88 bits per heavy atom. The van der Waals surface area contributed by atoms with Crippen LogP contribution in [0.25, 0.3) is 0 Å². The van der Waals surface area contributed by atoms with Crippen molar-refractivity contribution < 1.29 is 9.53 Å². The molecular formula is C19H36N4O2. The first-order chi connectivity index (χ1) is 12.2. The largest absolute Gasteiger partial charge is 0.450 e. The summed E-state index contributed by atoms with van der Waals surface area (Å²) >= 11 is 0. The number of hydrogen-bond acceptors (Lipinski definition) is 3. The van der Waals surface area contributed by atoms with Crippen LogP contribution in [0.4, 0.5) is 4.79 Å². The predicted octanol–water partition coefficient (Wildman–Crippen LogP) is 3.13. The number of amides is 1. The molecule has 1 heterocycles.